The van der Waals surface area contributed by atoms with Crippen LogP contribution in [0.3, 0.4) is 0 Å². The highest BCUT2D eigenvalue weighted by Crippen LogP contribution is 2.36. The molecule has 2 atom stereocenters. The SMILES string of the molecule is CCCCCCCCCCc1cccc(C(CCCC(C)C)C(=O)O)c1C(CCCC(C)C)C(=O)O. The van der Waals surface area contributed by atoms with Gasteiger partial charge in [0, 0.05) is 0 Å². The van der Waals surface area contributed by atoms with Crippen molar-refractivity contribution in [1.29, 1.82) is 0 Å². The zero-order chi connectivity index (χ0) is 26.9. The average Bonchev–Trinajstić information content (AvgIpc) is 2.80. The quantitative estimate of drug-likeness (QED) is 0.164. The molecule has 2 unspecified atom stereocenters. The zero-order valence-corrected chi connectivity index (χ0v) is 23.9. The van der Waals surface area contributed by atoms with Gasteiger partial charge in [0.1, 0.15) is 0 Å². The number of unbranched alkanes of at least 4 members (excludes halogenated alkanes) is 7. The fourth-order valence-corrected chi connectivity index (χ4v) is 5.29. The lowest BCUT2D eigenvalue weighted by Gasteiger charge is -2.25. The number of aliphatic carboxylic acids is 2. The molecule has 0 saturated carbocycles. The molecule has 0 saturated heterocycles. The number of rotatable bonds is 21. The standard InChI is InChI=1S/C32H54O4/c1-6-7-8-9-10-11-12-13-19-26-20-16-21-27(28(31(33)34)22-14-17-24(2)3)30(26)29(32(35)36)23-15-18-25(4)5/h16,20-21,24-25,28-29H,6-15,17-19,22-23H2,1-5H3,(H,33,34)(H,35,36). The second-order valence-electron chi connectivity index (χ2n) is 11.6. The van der Waals surface area contributed by atoms with E-state index in [0.717, 1.165) is 61.6 Å². The van der Waals surface area contributed by atoms with Crippen LogP contribution in [0.15, 0.2) is 18.2 Å². The Kier molecular flexibility index (Phi) is 16.5. The monoisotopic (exact) mass is 502 g/mol. The van der Waals surface area contributed by atoms with Gasteiger partial charge >= 0.3 is 11.9 Å². The molecule has 0 heterocycles. The van der Waals surface area contributed by atoms with Crippen LogP contribution in [-0.4, -0.2) is 22.2 Å². The smallest absolute Gasteiger partial charge is 0.310 e. The molecule has 1 aromatic rings. The summed E-state index contributed by atoms with van der Waals surface area (Å²) >= 11 is 0. The van der Waals surface area contributed by atoms with Gasteiger partial charge in [0.2, 0.25) is 0 Å². The van der Waals surface area contributed by atoms with Gasteiger partial charge in [-0.25, -0.2) is 0 Å². The molecular weight excluding hydrogens is 448 g/mol. The van der Waals surface area contributed by atoms with E-state index < -0.39 is 23.8 Å². The van der Waals surface area contributed by atoms with Gasteiger partial charge in [-0.3, -0.25) is 9.59 Å². The first-order valence-corrected chi connectivity index (χ1v) is 14.8. The minimum absolute atomic E-state index is 0.522. The zero-order valence-electron chi connectivity index (χ0n) is 23.9. The van der Waals surface area contributed by atoms with Crippen LogP contribution in [0, 0.1) is 11.8 Å². The van der Waals surface area contributed by atoms with Gasteiger partial charge in [-0.15, -0.1) is 0 Å². The van der Waals surface area contributed by atoms with Gasteiger partial charge < -0.3 is 10.2 Å². The van der Waals surface area contributed by atoms with Crippen LogP contribution < -0.4 is 0 Å². The van der Waals surface area contributed by atoms with Crippen molar-refractivity contribution < 1.29 is 19.8 Å². The summed E-state index contributed by atoms with van der Waals surface area (Å²) in [6, 6.07) is 5.88. The first-order valence-electron chi connectivity index (χ1n) is 14.8. The van der Waals surface area contributed by atoms with Crippen molar-refractivity contribution in [3.05, 3.63) is 34.9 Å². The molecule has 4 heteroatoms. The molecular formula is C32H54O4. The molecule has 4 nitrogen and oxygen atoms in total. The average molecular weight is 503 g/mol. The lowest BCUT2D eigenvalue weighted by molar-refractivity contribution is -0.140. The second-order valence-corrected chi connectivity index (χ2v) is 11.6. The summed E-state index contributed by atoms with van der Waals surface area (Å²) in [4.78, 5) is 24.9. The van der Waals surface area contributed by atoms with E-state index in [1.165, 1.54) is 38.5 Å². The highest BCUT2D eigenvalue weighted by Gasteiger charge is 2.30. The van der Waals surface area contributed by atoms with E-state index in [1.807, 2.05) is 18.2 Å². The summed E-state index contributed by atoms with van der Waals surface area (Å²) in [6.45, 7) is 10.9. The van der Waals surface area contributed by atoms with Gasteiger partial charge in [-0.05, 0) is 54.2 Å². The van der Waals surface area contributed by atoms with Crippen molar-refractivity contribution in [1.82, 2.24) is 0 Å². The molecule has 0 radical (unpaired) electrons. The summed E-state index contributed by atoms with van der Waals surface area (Å²) in [7, 11) is 0. The summed E-state index contributed by atoms with van der Waals surface area (Å²) < 4.78 is 0. The Balaban J connectivity index is 3.16. The number of hydrogen-bond acceptors (Lipinski definition) is 2. The molecule has 2 N–H and O–H groups in total. The van der Waals surface area contributed by atoms with Gasteiger partial charge in [0.25, 0.3) is 0 Å². The van der Waals surface area contributed by atoms with Crippen LogP contribution in [0.1, 0.15) is 153 Å². The van der Waals surface area contributed by atoms with E-state index in [9.17, 15) is 19.8 Å². The molecule has 0 spiro atoms. The molecule has 0 aliphatic heterocycles. The summed E-state index contributed by atoms with van der Waals surface area (Å²) in [6.07, 6.45) is 15.4. The topological polar surface area (TPSA) is 74.6 Å². The predicted octanol–water partition coefficient (Wildman–Crippen LogP) is 9.36. The number of benzene rings is 1. The minimum atomic E-state index is -0.837. The van der Waals surface area contributed by atoms with Gasteiger partial charge in [0.15, 0.2) is 0 Å². The summed E-state index contributed by atoms with van der Waals surface area (Å²) in [5.74, 6) is -1.91. The molecule has 36 heavy (non-hydrogen) atoms. The number of carboxylic acid groups (broad SMARTS) is 2. The highest BCUT2D eigenvalue weighted by atomic mass is 16.4. The third kappa shape index (κ3) is 12.4. The van der Waals surface area contributed by atoms with Crippen LogP contribution in [0.5, 0.6) is 0 Å². The van der Waals surface area contributed by atoms with Crippen molar-refractivity contribution in [2.75, 3.05) is 0 Å². The predicted molar refractivity (Wildman–Crippen MR) is 151 cm³/mol. The number of aryl methyl sites for hydroxylation is 1. The van der Waals surface area contributed by atoms with Gasteiger partial charge in [-0.1, -0.05) is 123 Å². The van der Waals surface area contributed by atoms with Crippen molar-refractivity contribution in [3.63, 3.8) is 0 Å². The van der Waals surface area contributed by atoms with Gasteiger partial charge in [-0.2, -0.15) is 0 Å². The van der Waals surface area contributed by atoms with E-state index in [4.69, 9.17) is 0 Å². The number of carbonyl (C=O) groups is 2. The van der Waals surface area contributed by atoms with Crippen LogP contribution >= 0.6 is 0 Å². The molecule has 1 aromatic carbocycles. The van der Waals surface area contributed by atoms with Crippen LogP contribution in [0.4, 0.5) is 0 Å². The third-order valence-corrected chi connectivity index (χ3v) is 7.40. The molecule has 1 rings (SSSR count). The normalized spacial score (nSPS) is 13.3. The van der Waals surface area contributed by atoms with E-state index in [-0.39, 0.29) is 0 Å². The first-order chi connectivity index (χ1) is 17.2. The molecule has 0 aliphatic carbocycles. The van der Waals surface area contributed by atoms with Crippen molar-refractivity contribution in [2.24, 2.45) is 11.8 Å². The largest absolute Gasteiger partial charge is 0.481 e. The van der Waals surface area contributed by atoms with E-state index in [2.05, 4.69) is 34.6 Å². The van der Waals surface area contributed by atoms with Crippen molar-refractivity contribution >= 4 is 11.9 Å². The van der Waals surface area contributed by atoms with Gasteiger partial charge in [0.05, 0.1) is 11.8 Å². The van der Waals surface area contributed by atoms with Crippen LogP contribution in [0.25, 0.3) is 0 Å². The number of hydrogen-bond donors (Lipinski definition) is 2. The third-order valence-electron chi connectivity index (χ3n) is 7.40. The lowest BCUT2D eigenvalue weighted by atomic mass is 9.79. The fourth-order valence-electron chi connectivity index (χ4n) is 5.29. The van der Waals surface area contributed by atoms with Crippen LogP contribution in [-0.2, 0) is 16.0 Å². The minimum Gasteiger partial charge on any atom is -0.481 e. The van der Waals surface area contributed by atoms with Crippen molar-refractivity contribution in [2.45, 2.75) is 143 Å². The second kappa shape index (κ2) is 18.4. The van der Waals surface area contributed by atoms with E-state index >= 15 is 0 Å². The maximum absolute atomic E-state index is 12.5. The van der Waals surface area contributed by atoms with E-state index in [0.29, 0.717) is 24.7 Å². The van der Waals surface area contributed by atoms with E-state index in [1.54, 1.807) is 0 Å². The Morgan fingerprint density at radius 1 is 0.667 bits per heavy atom. The Labute approximate surface area is 221 Å². The Bertz CT molecular complexity index is 753. The fraction of sp³-hybridized carbons (Fsp3) is 0.750. The molecule has 0 bridgehead atoms. The summed E-state index contributed by atoms with van der Waals surface area (Å²) in [5, 5.41) is 20.4. The number of carboxylic acids is 2. The maximum atomic E-state index is 12.5. The lowest BCUT2D eigenvalue weighted by Crippen LogP contribution is -2.21. The summed E-state index contributed by atoms with van der Waals surface area (Å²) in [5.41, 5.74) is 2.58. The molecule has 0 fully saturated rings. The Morgan fingerprint density at radius 3 is 1.67 bits per heavy atom. The molecule has 0 aromatic heterocycles. The maximum Gasteiger partial charge on any atom is 0.310 e. The van der Waals surface area contributed by atoms with Crippen molar-refractivity contribution in [3.8, 4) is 0 Å². The first kappa shape index (κ1) is 32.2. The Morgan fingerprint density at radius 2 is 1.17 bits per heavy atom. The Hall–Kier alpha value is -1.84. The highest BCUT2D eigenvalue weighted by molar-refractivity contribution is 5.81. The van der Waals surface area contributed by atoms with Crippen LogP contribution in [0.2, 0.25) is 0 Å². The molecule has 0 amide bonds. The molecule has 206 valence electrons. The molecule has 0 aliphatic rings.